The molecule has 1 aliphatic heterocycles. The van der Waals surface area contributed by atoms with Gasteiger partial charge in [0.25, 0.3) is 0 Å². The van der Waals surface area contributed by atoms with Gasteiger partial charge in [-0.05, 0) is 39.0 Å². The van der Waals surface area contributed by atoms with Crippen molar-refractivity contribution >= 4 is 5.97 Å². The molecule has 0 aromatic carbocycles. The molecule has 16 heavy (non-hydrogen) atoms. The molecule has 0 aromatic rings. The maximum Gasteiger partial charge on any atom is 0.331 e. The lowest BCUT2D eigenvalue weighted by atomic mass is 10.1. The summed E-state index contributed by atoms with van der Waals surface area (Å²) in [6.07, 6.45) is 16.8. The number of carbonyl (C=O) groups is 1. The molecule has 2 heteroatoms. The summed E-state index contributed by atoms with van der Waals surface area (Å²) in [6.45, 7) is 1.94. The number of hydrogen-bond acceptors (Lipinski definition) is 2. The monoisotopic (exact) mass is 220 g/mol. The van der Waals surface area contributed by atoms with Crippen LogP contribution in [0.2, 0.25) is 0 Å². The Morgan fingerprint density at radius 1 is 1.12 bits per heavy atom. The molecule has 0 bridgehead atoms. The van der Waals surface area contributed by atoms with Gasteiger partial charge in [-0.2, -0.15) is 0 Å². The maximum atomic E-state index is 11.3. The topological polar surface area (TPSA) is 26.3 Å². The van der Waals surface area contributed by atoms with Crippen molar-refractivity contribution in [2.75, 3.05) is 0 Å². The van der Waals surface area contributed by atoms with E-state index in [0.717, 1.165) is 32.1 Å². The molecule has 2 nitrogen and oxygen atoms in total. The summed E-state index contributed by atoms with van der Waals surface area (Å²) in [5.41, 5.74) is 0. The molecule has 0 aromatic heterocycles. The zero-order chi connectivity index (χ0) is 11.6. The van der Waals surface area contributed by atoms with Crippen molar-refractivity contribution in [1.82, 2.24) is 0 Å². The molecule has 0 spiro atoms. The molecular formula is C14H20O2. The molecule has 1 heterocycles. The van der Waals surface area contributed by atoms with Crippen LogP contribution in [-0.2, 0) is 9.53 Å². The van der Waals surface area contributed by atoms with Crippen LogP contribution in [0.4, 0.5) is 0 Å². The third-order valence-electron chi connectivity index (χ3n) is 2.44. The predicted molar refractivity (Wildman–Crippen MR) is 66.1 cm³/mol. The third kappa shape index (κ3) is 6.23. The first-order chi connectivity index (χ1) is 7.79. The summed E-state index contributed by atoms with van der Waals surface area (Å²) in [7, 11) is 0. The average molecular weight is 220 g/mol. The lowest BCUT2D eigenvalue weighted by molar-refractivity contribution is -0.142. The maximum absolute atomic E-state index is 11.3. The predicted octanol–water partition coefficient (Wildman–Crippen LogP) is 3.55. The molecule has 0 amide bonds. The van der Waals surface area contributed by atoms with E-state index in [2.05, 4.69) is 18.2 Å². The number of rotatable bonds is 0. The summed E-state index contributed by atoms with van der Waals surface area (Å²) < 4.78 is 5.21. The highest BCUT2D eigenvalue weighted by Gasteiger charge is 2.05. The van der Waals surface area contributed by atoms with Gasteiger partial charge < -0.3 is 4.74 Å². The van der Waals surface area contributed by atoms with Crippen molar-refractivity contribution in [2.24, 2.45) is 0 Å². The second kappa shape index (κ2) is 7.91. The SMILES string of the molecule is CC1CCCC=CCCC=CC=CC(=O)O1. The lowest BCUT2D eigenvalue weighted by Gasteiger charge is -2.10. The van der Waals surface area contributed by atoms with E-state index < -0.39 is 0 Å². The van der Waals surface area contributed by atoms with Gasteiger partial charge in [0.05, 0.1) is 6.10 Å². The number of carbonyl (C=O) groups excluding carboxylic acids is 1. The van der Waals surface area contributed by atoms with E-state index in [1.165, 1.54) is 6.08 Å². The Morgan fingerprint density at radius 3 is 2.75 bits per heavy atom. The van der Waals surface area contributed by atoms with Crippen LogP contribution in [0.1, 0.15) is 39.0 Å². The molecule has 1 rings (SSSR count). The number of hydrogen-bond donors (Lipinski definition) is 0. The molecule has 0 aliphatic carbocycles. The molecule has 1 unspecified atom stereocenters. The molecular weight excluding hydrogens is 200 g/mol. The van der Waals surface area contributed by atoms with Gasteiger partial charge in [-0.15, -0.1) is 0 Å². The Labute approximate surface area is 97.7 Å². The van der Waals surface area contributed by atoms with Crippen LogP contribution >= 0.6 is 0 Å². The third-order valence-corrected chi connectivity index (χ3v) is 2.44. The first-order valence-corrected chi connectivity index (χ1v) is 5.98. The number of ether oxygens (including phenoxy) is 1. The summed E-state index contributed by atoms with van der Waals surface area (Å²) in [5.74, 6) is -0.246. The second-order valence-electron chi connectivity index (χ2n) is 4.01. The highest BCUT2D eigenvalue weighted by molar-refractivity contribution is 5.82. The van der Waals surface area contributed by atoms with Gasteiger partial charge in [0, 0.05) is 6.08 Å². The van der Waals surface area contributed by atoms with Gasteiger partial charge >= 0.3 is 5.97 Å². The van der Waals surface area contributed by atoms with E-state index >= 15 is 0 Å². The zero-order valence-electron chi connectivity index (χ0n) is 9.89. The Bertz CT molecular complexity index is 287. The van der Waals surface area contributed by atoms with Crippen LogP contribution in [-0.4, -0.2) is 12.1 Å². The van der Waals surface area contributed by atoms with E-state index in [0.29, 0.717) is 0 Å². The largest absolute Gasteiger partial charge is 0.460 e. The Balaban J connectivity index is 2.49. The Kier molecular flexibility index (Phi) is 6.31. The van der Waals surface area contributed by atoms with Crippen LogP contribution in [0.25, 0.3) is 0 Å². The van der Waals surface area contributed by atoms with Crippen LogP contribution in [0, 0.1) is 0 Å². The second-order valence-corrected chi connectivity index (χ2v) is 4.01. The van der Waals surface area contributed by atoms with Crippen molar-refractivity contribution in [3.63, 3.8) is 0 Å². The quantitative estimate of drug-likeness (QED) is 0.461. The standard InChI is InChI=1S/C14H20O2/c1-13-11-9-7-5-3-2-4-6-8-10-12-14(15)16-13/h3,5-6,8,10,12-13H,2,4,7,9,11H2,1H3. The fraction of sp³-hybridized carbons (Fsp3) is 0.500. The van der Waals surface area contributed by atoms with Gasteiger partial charge in [0.2, 0.25) is 0 Å². The normalized spacial score (nSPS) is 23.8. The average Bonchev–Trinajstić information content (AvgIpc) is 2.25. The molecule has 88 valence electrons. The van der Waals surface area contributed by atoms with Crippen molar-refractivity contribution in [3.8, 4) is 0 Å². The fourth-order valence-corrected chi connectivity index (χ4v) is 1.56. The number of cyclic esters (lactones) is 1. The molecule has 0 fully saturated rings. The van der Waals surface area contributed by atoms with Crippen molar-refractivity contribution < 1.29 is 9.53 Å². The van der Waals surface area contributed by atoms with E-state index in [4.69, 9.17) is 4.74 Å². The van der Waals surface area contributed by atoms with Crippen LogP contribution in [0.15, 0.2) is 36.5 Å². The minimum Gasteiger partial charge on any atom is -0.460 e. The minimum atomic E-state index is -0.246. The van der Waals surface area contributed by atoms with E-state index in [-0.39, 0.29) is 12.1 Å². The molecule has 0 saturated carbocycles. The summed E-state index contributed by atoms with van der Waals surface area (Å²) in [6, 6.07) is 0. The van der Waals surface area contributed by atoms with E-state index in [1.54, 1.807) is 6.08 Å². The van der Waals surface area contributed by atoms with E-state index in [9.17, 15) is 4.79 Å². The van der Waals surface area contributed by atoms with Crippen LogP contribution < -0.4 is 0 Å². The van der Waals surface area contributed by atoms with Gasteiger partial charge in [0.1, 0.15) is 0 Å². The molecule has 1 atom stereocenters. The first-order valence-electron chi connectivity index (χ1n) is 5.98. The first kappa shape index (κ1) is 12.8. The Hall–Kier alpha value is -1.31. The highest BCUT2D eigenvalue weighted by Crippen LogP contribution is 2.07. The van der Waals surface area contributed by atoms with Crippen molar-refractivity contribution in [1.29, 1.82) is 0 Å². The summed E-state index contributed by atoms with van der Waals surface area (Å²) in [4.78, 5) is 11.3. The lowest BCUT2D eigenvalue weighted by Crippen LogP contribution is -2.12. The smallest absolute Gasteiger partial charge is 0.331 e. The Morgan fingerprint density at radius 2 is 1.88 bits per heavy atom. The zero-order valence-corrected chi connectivity index (χ0v) is 9.89. The molecule has 0 radical (unpaired) electrons. The minimum absolute atomic E-state index is 0.0115. The molecule has 0 N–H and O–H groups in total. The summed E-state index contributed by atoms with van der Waals surface area (Å²) >= 11 is 0. The molecule has 1 aliphatic rings. The van der Waals surface area contributed by atoms with Gasteiger partial charge in [-0.25, -0.2) is 4.79 Å². The van der Waals surface area contributed by atoms with Crippen molar-refractivity contribution in [2.45, 2.75) is 45.1 Å². The highest BCUT2D eigenvalue weighted by atomic mass is 16.5. The number of allylic oxidation sites excluding steroid dienone is 5. The number of esters is 1. The summed E-state index contributed by atoms with van der Waals surface area (Å²) in [5, 5.41) is 0. The van der Waals surface area contributed by atoms with Crippen molar-refractivity contribution in [3.05, 3.63) is 36.5 Å². The van der Waals surface area contributed by atoms with E-state index in [1.807, 2.05) is 13.0 Å². The fourth-order valence-electron chi connectivity index (χ4n) is 1.56. The van der Waals surface area contributed by atoms with Gasteiger partial charge in [-0.3, -0.25) is 0 Å². The van der Waals surface area contributed by atoms with Gasteiger partial charge in [-0.1, -0.05) is 30.4 Å². The van der Waals surface area contributed by atoms with Crippen LogP contribution in [0.3, 0.4) is 0 Å². The van der Waals surface area contributed by atoms with Gasteiger partial charge in [0.15, 0.2) is 0 Å². The molecule has 0 saturated heterocycles. The van der Waals surface area contributed by atoms with Crippen LogP contribution in [0.5, 0.6) is 0 Å².